The third-order valence-corrected chi connectivity index (χ3v) is 3.29. The van der Waals surface area contributed by atoms with Crippen LogP contribution in [0.25, 0.3) is 11.1 Å². The van der Waals surface area contributed by atoms with E-state index in [1.165, 1.54) is 0 Å². The highest BCUT2D eigenvalue weighted by Gasteiger charge is 2.16. The molecule has 0 aliphatic carbocycles. The maximum absolute atomic E-state index is 11.9. The lowest BCUT2D eigenvalue weighted by atomic mass is 9.98. The molecule has 0 unspecified atom stereocenters. The molecule has 5 nitrogen and oxygen atoms in total. The maximum atomic E-state index is 11.9. The molecule has 0 aliphatic rings. The second-order valence-electron chi connectivity index (χ2n) is 4.70. The molecule has 1 aromatic heterocycles. The van der Waals surface area contributed by atoms with Crippen LogP contribution in [0.5, 0.6) is 11.5 Å². The first kappa shape index (κ1) is 14.7. The van der Waals surface area contributed by atoms with Crippen LogP contribution >= 0.6 is 0 Å². The Bertz CT molecular complexity index is 785. The van der Waals surface area contributed by atoms with Crippen LogP contribution in [0, 0.1) is 25.2 Å². The zero-order chi connectivity index (χ0) is 15.6. The molecule has 2 rings (SSSR count). The fourth-order valence-electron chi connectivity index (χ4n) is 2.27. The van der Waals surface area contributed by atoms with E-state index in [-0.39, 0.29) is 5.56 Å². The number of nitrogens with one attached hydrogen (secondary N) is 1. The van der Waals surface area contributed by atoms with Gasteiger partial charge in [0.25, 0.3) is 5.56 Å². The van der Waals surface area contributed by atoms with Crippen molar-refractivity contribution in [3.8, 4) is 28.7 Å². The summed E-state index contributed by atoms with van der Waals surface area (Å²) in [5.41, 5.74) is 2.44. The number of hydrogen-bond acceptors (Lipinski definition) is 4. The van der Waals surface area contributed by atoms with Crippen molar-refractivity contribution < 1.29 is 9.47 Å². The van der Waals surface area contributed by atoms with E-state index in [1.807, 2.05) is 19.1 Å². The van der Waals surface area contributed by atoms with Crippen molar-refractivity contribution in [2.45, 2.75) is 13.8 Å². The summed E-state index contributed by atoms with van der Waals surface area (Å²) in [7, 11) is 3.13. The smallest absolute Gasteiger partial charge is 0.266 e. The van der Waals surface area contributed by atoms with Crippen LogP contribution in [0.4, 0.5) is 0 Å². The van der Waals surface area contributed by atoms with Gasteiger partial charge in [-0.05, 0) is 37.6 Å². The predicted octanol–water partition coefficient (Wildman–Crippen LogP) is 2.55. The van der Waals surface area contributed by atoms with Crippen molar-refractivity contribution in [2.75, 3.05) is 14.2 Å². The number of aromatic nitrogens is 1. The minimum absolute atomic E-state index is 0.0600. The molecule has 1 N–H and O–H groups in total. The number of nitrogens with zero attached hydrogens (tertiary/aromatic N) is 1. The largest absolute Gasteiger partial charge is 0.496 e. The summed E-state index contributed by atoms with van der Waals surface area (Å²) in [4.78, 5) is 14.6. The molecule has 0 saturated heterocycles. The maximum Gasteiger partial charge on any atom is 0.266 e. The van der Waals surface area contributed by atoms with Gasteiger partial charge in [0.1, 0.15) is 23.1 Å². The van der Waals surface area contributed by atoms with Crippen LogP contribution in [0.1, 0.15) is 16.8 Å². The molecule has 0 amide bonds. The molecule has 0 aliphatic heterocycles. The molecule has 1 aromatic carbocycles. The lowest BCUT2D eigenvalue weighted by molar-refractivity contribution is 0.402. The number of pyridine rings is 1. The summed E-state index contributed by atoms with van der Waals surface area (Å²) in [6, 6.07) is 7.32. The Kier molecular flexibility index (Phi) is 3.99. The SMILES string of the molecule is COc1cc(-c2cc(C)[nH]c(=O)c2C#N)c(OC)cc1C. The highest BCUT2D eigenvalue weighted by Crippen LogP contribution is 2.36. The highest BCUT2D eigenvalue weighted by atomic mass is 16.5. The van der Waals surface area contributed by atoms with Gasteiger partial charge in [0.15, 0.2) is 0 Å². The van der Waals surface area contributed by atoms with Crippen LogP contribution < -0.4 is 15.0 Å². The van der Waals surface area contributed by atoms with Gasteiger partial charge in [-0.25, -0.2) is 0 Å². The Labute approximate surface area is 122 Å². The van der Waals surface area contributed by atoms with Crippen LogP contribution in [0.15, 0.2) is 23.0 Å². The average molecular weight is 284 g/mol. The molecule has 2 aromatic rings. The van der Waals surface area contributed by atoms with Gasteiger partial charge in [0.2, 0.25) is 0 Å². The van der Waals surface area contributed by atoms with Gasteiger partial charge in [-0.1, -0.05) is 0 Å². The predicted molar refractivity (Wildman–Crippen MR) is 79.8 cm³/mol. The first-order valence-electron chi connectivity index (χ1n) is 6.38. The molecule has 21 heavy (non-hydrogen) atoms. The Morgan fingerprint density at radius 1 is 1.05 bits per heavy atom. The van der Waals surface area contributed by atoms with Crippen molar-refractivity contribution in [1.29, 1.82) is 5.26 Å². The van der Waals surface area contributed by atoms with E-state index in [4.69, 9.17) is 9.47 Å². The average Bonchev–Trinajstić information content (AvgIpc) is 2.46. The molecular formula is C16H16N2O3. The summed E-state index contributed by atoms with van der Waals surface area (Å²) in [5.74, 6) is 1.27. The zero-order valence-corrected chi connectivity index (χ0v) is 12.4. The minimum Gasteiger partial charge on any atom is -0.496 e. The Morgan fingerprint density at radius 3 is 2.29 bits per heavy atom. The highest BCUT2D eigenvalue weighted by molar-refractivity contribution is 5.77. The number of methoxy groups -OCH3 is 2. The van der Waals surface area contributed by atoms with Gasteiger partial charge in [-0.2, -0.15) is 5.26 Å². The number of H-pyrrole nitrogens is 1. The minimum atomic E-state index is -0.408. The number of ether oxygens (including phenoxy) is 2. The van der Waals surface area contributed by atoms with Gasteiger partial charge in [0.05, 0.1) is 14.2 Å². The van der Waals surface area contributed by atoms with Gasteiger partial charge >= 0.3 is 0 Å². The summed E-state index contributed by atoms with van der Waals surface area (Å²) in [6.45, 7) is 3.67. The number of rotatable bonds is 3. The van der Waals surface area contributed by atoms with Crippen molar-refractivity contribution in [3.05, 3.63) is 45.4 Å². The van der Waals surface area contributed by atoms with Gasteiger partial charge in [-0.15, -0.1) is 0 Å². The molecule has 0 bridgehead atoms. The Hall–Kier alpha value is -2.74. The van der Waals surface area contributed by atoms with Crippen LogP contribution in [0.3, 0.4) is 0 Å². The number of hydrogen-bond donors (Lipinski definition) is 1. The lowest BCUT2D eigenvalue weighted by Crippen LogP contribution is -2.13. The Balaban J connectivity index is 2.84. The summed E-state index contributed by atoms with van der Waals surface area (Å²) in [6.07, 6.45) is 0. The van der Waals surface area contributed by atoms with E-state index >= 15 is 0 Å². The van der Waals surface area contributed by atoms with Gasteiger partial charge in [-0.3, -0.25) is 4.79 Å². The summed E-state index contributed by atoms with van der Waals surface area (Å²) < 4.78 is 10.7. The van der Waals surface area contributed by atoms with E-state index in [9.17, 15) is 10.1 Å². The molecule has 0 saturated carbocycles. The third kappa shape index (κ3) is 2.61. The second kappa shape index (κ2) is 5.71. The molecule has 0 spiro atoms. The van der Waals surface area contributed by atoms with E-state index < -0.39 is 5.56 Å². The van der Waals surface area contributed by atoms with Crippen LogP contribution in [0.2, 0.25) is 0 Å². The molecule has 0 radical (unpaired) electrons. The standard InChI is InChI=1S/C16H16N2O3/c1-9-5-15(21-4)12(7-14(9)20-3)11-6-10(2)18-16(19)13(11)8-17/h5-7H,1-4H3,(H,18,19). The van der Waals surface area contributed by atoms with E-state index in [2.05, 4.69) is 4.98 Å². The fourth-order valence-corrected chi connectivity index (χ4v) is 2.27. The van der Waals surface area contributed by atoms with E-state index in [0.29, 0.717) is 28.3 Å². The van der Waals surface area contributed by atoms with Crippen LogP contribution in [-0.4, -0.2) is 19.2 Å². The zero-order valence-electron chi connectivity index (χ0n) is 12.4. The number of aryl methyl sites for hydroxylation is 2. The van der Waals surface area contributed by atoms with Crippen molar-refractivity contribution >= 4 is 0 Å². The van der Waals surface area contributed by atoms with Gasteiger partial charge < -0.3 is 14.5 Å². The molecule has 5 heteroatoms. The molecule has 108 valence electrons. The topological polar surface area (TPSA) is 75.1 Å². The quantitative estimate of drug-likeness (QED) is 0.939. The Morgan fingerprint density at radius 2 is 1.71 bits per heavy atom. The van der Waals surface area contributed by atoms with Crippen molar-refractivity contribution in [3.63, 3.8) is 0 Å². The molecule has 1 heterocycles. The van der Waals surface area contributed by atoms with Crippen LogP contribution in [-0.2, 0) is 0 Å². The first-order chi connectivity index (χ1) is 10.0. The summed E-state index contributed by atoms with van der Waals surface area (Å²) in [5, 5.41) is 9.25. The first-order valence-corrected chi connectivity index (χ1v) is 6.38. The van der Waals surface area contributed by atoms with E-state index in [0.717, 1.165) is 5.56 Å². The normalized spacial score (nSPS) is 10.0. The van der Waals surface area contributed by atoms with E-state index in [1.54, 1.807) is 33.3 Å². The fraction of sp³-hybridized carbons (Fsp3) is 0.250. The van der Waals surface area contributed by atoms with Crippen molar-refractivity contribution in [1.82, 2.24) is 4.98 Å². The molecule has 0 atom stereocenters. The van der Waals surface area contributed by atoms with Gasteiger partial charge in [0, 0.05) is 16.8 Å². The number of benzene rings is 1. The molecular weight excluding hydrogens is 268 g/mol. The lowest BCUT2D eigenvalue weighted by Gasteiger charge is -2.14. The number of nitriles is 1. The monoisotopic (exact) mass is 284 g/mol. The molecule has 0 fully saturated rings. The third-order valence-electron chi connectivity index (χ3n) is 3.29. The number of aromatic amines is 1. The summed E-state index contributed by atoms with van der Waals surface area (Å²) >= 11 is 0. The van der Waals surface area contributed by atoms with Crippen molar-refractivity contribution in [2.24, 2.45) is 0 Å². The second-order valence-corrected chi connectivity index (χ2v) is 4.70.